The lowest BCUT2D eigenvalue weighted by Crippen LogP contribution is -2.21. The van der Waals surface area contributed by atoms with E-state index in [1.807, 2.05) is 0 Å². The van der Waals surface area contributed by atoms with Crippen LogP contribution in [-0.2, 0) is 4.79 Å². The number of anilines is 2. The van der Waals surface area contributed by atoms with Crippen molar-refractivity contribution in [1.82, 2.24) is 0 Å². The van der Waals surface area contributed by atoms with Crippen LogP contribution >= 0.6 is 0 Å². The molecule has 0 saturated heterocycles. The Bertz CT molecular complexity index is 677. The average molecular weight is 296 g/mol. The molecule has 0 spiro atoms. The quantitative estimate of drug-likeness (QED) is 0.853. The highest BCUT2D eigenvalue weighted by atomic mass is 19.1. The van der Waals surface area contributed by atoms with Crippen LogP contribution in [0.5, 0.6) is 5.75 Å². The van der Waals surface area contributed by atoms with Crippen molar-refractivity contribution in [2.24, 2.45) is 0 Å². The van der Waals surface area contributed by atoms with Crippen LogP contribution in [0, 0.1) is 17.5 Å². The van der Waals surface area contributed by atoms with Crippen LogP contribution in [0.2, 0.25) is 0 Å². The van der Waals surface area contributed by atoms with Gasteiger partial charge in [-0.25, -0.2) is 13.2 Å². The first-order valence-corrected chi connectivity index (χ1v) is 5.88. The Morgan fingerprint density at radius 2 is 1.81 bits per heavy atom. The Hall–Kier alpha value is -2.70. The number of halogens is 3. The summed E-state index contributed by atoms with van der Waals surface area (Å²) in [5, 5.41) is 2.22. The molecule has 0 aliphatic heterocycles. The van der Waals surface area contributed by atoms with E-state index in [2.05, 4.69) is 5.32 Å². The molecule has 0 heterocycles. The molecular weight excluding hydrogens is 285 g/mol. The first kappa shape index (κ1) is 14.7. The second-order valence-electron chi connectivity index (χ2n) is 4.15. The van der Waals surface area contributed by atoms with Crippen molar-refractivity contribution in [1.29, 1.82) is 0 Å². The molecule has 0 fully saturated rings. The molecule has 110 valence electrons. The van der Waals surface area contributed by atoms with Gasteiger partial charge in [0.1, 0.15) is 11.6 Å². The van der Waals surface area contributed by atoms with Gasteiger partial charge in [-0.05, 0) is 30.3 Å². The molecule has 0 atom stereocenters. The average Bonchev–Trinajstić information content (AvgIpc) is 2.44. The number of hydrogen-bond donors (Lipinski definition) is 2. The fraction of sp³-hybridized carbons (Fsp3) is 0.0714. The highest BCUT2D eigenvalue weighted by molar-refractivity contribution is 5.92. The van der Waals surface area contributed by atoms with Crippen LogP contribution in [0.1, 0.15) is 0 Å². The Morgan fingerprint density at radius 3 is 2.57 bits per heavy atom. The summed E-state index contributed by atoms with van der Waals surface area (Å²) in [6.45, 7) is -0.603. The molecule has 2 aromatic rings. The van der Waals surface area contributed by atoms with E-state index in [1.165, 1.54) is 12.1 Å². The Kier molecular flexibility index (Phi) is 4.32. The predicted molar refractivity (Wildman–Crippen MR) is 71.3 cm³/mol. The lowest BCUT2D eigenvalue weighted by molar-refractivity contribution is -0.118. The molecule has 0 aromatic heterocycles. The van der Waals surface area contributed by atoms with E-state index in [9.17, 15) is 18.0 Å². The summed E-state index contributed by atoms with van der Waals surface area (Å²) in [5.41, 5.74) is 5.61. The summed E-state index contributed by atoms with van der Waals surface area (Å²) in [6.07, 6.45) is 0. The minimum absolute atomic E-state index is 0.122. The first-order chi connectivity index (χ1) is 9.95. The third-order valence-corrected chi connectivity index (χ3v) is 2.52. The van der Waals surface area contributed by atoms with Gasteiger partial charge in [0, 0.05) is 11.8 Å². The number of nitrogen functional groups attached to an aromatic ring is 1. The van der Waals surface area contributed by atoms with Crippen LogP contribution in [0.15, 0.2) is 36.4 Å². The zero-order valence-electron chi connectivity index (χ0n) is 10.7. The summed E-state index contributed by atoms with van der Waals surface area (Å²) in [7, 11) is 0. The molecule has 7 heteroatoms. The van der Waals surface area contributed by atoms with Crippen LogP contribution in [-0.4, -0.2) is 12.5 Å². The van der Waals surface area contributed by atoms with Crippen molar-refractivity contribution < 1.29 is 22.7 Å². The van der Waals surface area contributed by atoms with Gasteiger partial charge >= 0.3 is 0 Å². The van der Waals surface area contributed by atoms with E-state index in [4.69, 9.17) is 10.5 Å². The number of rotatable bonds is 4. The third-order valence-electron chi connectivity index (χ3n) is 2.52. The van der Waals surface area contributed by atoms with Crippen LogP contribution in [0.3, 0.4) is 0 Å². The topological polar surface area (TPSA) is 64.3 Å². The van der Waals surface area contributed by atoms with Gasteiger partial charge in [-0.2, -0.15) is 0 Å². The first-order valence-electron chi connectivity index (χ1n) is 5.88. The van der Waals surface area contributed by atoms with Crippen molar-refractivity contribution in [3.63, 3.8) is 0 Å². The number of carbonyl (C=O) groups is 1. The number of nitrogens with two attached hydrogens (primary N) is 1. The van der Waals surface area contributed by atoms with E-state index in [0.717, 1.165) is 24.3 Å². The van der Waals surface area contributed by atoms with Gasteiger partial charge in [-0.3, -0.25) is 4.79 Å². The fourth-order valence-corrected chi connectivity index (χ4v) is 1.56. The van der Waals surface area contributed by atoms with Crippen molar-refractivity contribution in [3.05, 3.63) is 53.8 Å². The second-order valence-corrected chi connectivity index (χ2v) is 4.15. The van der Waals surface area contributed by atoms with Crippen molar-refractivity contribution in [3.8, 4) is 5.75 Å². The van der Waals surface area contributed by atoms with E-state index in [0.29, 0.717) is 0 Å². The third kappa shape index (κ3) is 3.88. The predicted octanol–water partition coefficient (Wildman–Crippen LogP) is 2.70. The lowest BCUT2D eigenvalue weighted by Gasteiger charge is -2.09. The standard InChI is InChI=1S/C14H11F3N2O2/c15-8-1-3-11(17)13(5-8)21-7-14(20)19-12-6-9(18)2-4-10(12)16/h1-6H,7,18H2,(H,19,20). The summed E-state index contributed by atoms with van der Waals surface area (Å²) < 4.78 is 44.4. The molecule has 0 unspecified atom stereocenters. The van der Waals surface area contributed by atoms with E-state index in [-0.39, 0.29) is 11.4 Å². The smallest absolute Gasteiger partial charge is 0.262 e. The summed E-state index contributed by atoms with van der Waals surface area (Å²) in [4.78, 5) is 11.6. The molecule has 0 saturated carbocycles. The summed E-state index contributed by atoms with van der Waals surface area (Å²) >= 11 is 0. The number of hydrogen-bond acceptors (Lipinski definition) is 3. The van der Waals surface area contributed by atoms with Crippen molar-refractivity contribution >= 4 is 17.3 Å². The number of amides is 1. The van der Waals surface area contributed by atoms with E-state index < -0.39 is 35.7 Å². The number of benzene rings is 2. The largest absolute Gasteiger partial charge is 0.481 e. The molecule has 3 N–H and O–H groups in total. The molecule has 0 aliphatic rings. The molecule has 2 rings (SSSR count). The molecule has 0 radical (unpaired) electrons. The van der Waals surface area contributed by atoms with Gasteiger partial charge in [0.2, 0.25) is 0 Å². The van der Waals surface area contributed by atoms with Crippen LogP contribution in [0.25, 0.3) is 0 Å². The van der Waals surface area contributed by atoms with Crippen molar-refractivity contribution in [2.45, 2.75) is 0 Å². The van der Waals surface area contributed by atoms with E-state index in [1.54, 1.807) is 0 Å². The second kappa shape index (κ2) is 6.17. The Balaban J connectivity index is 1.99. The molecule has 21 heavy (non-hydrogen) atoms. The molecule has 0 bridgehead atoms. The van der Waals surface area contributed by atoms with E-state index >= 15 is 0 Å². The Labute approximate surface area is 118 Å². The van der Waals surface area contributed by atoms with Gasteiger partial charge in [0.25, 0.3) is 5.91 Å². The normalized spacial score (nSPS) is 10.2. The maximum atomic E-state index is 13.4. The monoisotopic (exact) mass is 296 g/mol. The number of ether oxygens (including phenoxy) is 1. The minimum atomic E-state index is -0.806. The molecule has 2 aromatic carbocycles. The maximum Gasteiger partial charge on any atom is 0.262 e. The fourth-order valence-electron chi connectivity index (χ4n) is 1.56. The maximum absolute atomic E-state index is 13.4. The van der Waals surface area contributed by atoms with Gasteiger partial charge in [0.05, 0.1) is 5.69 Å². The SMILES string of the molecule is Nc1ccc(F)c(NC(=O)COc2cc(F)ccc2F)c1. The molecule has 0 aliphatic carbocycles. The highest BCUT2D eigenvalue weighted by Gasteiger charge is 2.10. The molecular formula is C14H11F3N2O2. The van der Waals surface area contributed by atoms with Gasteiger partial charge in [-0.1, -0.05) is 0 Å². The number of nitrogens with one attached hydrogen (secondary N) is 1. The zero-order valence-corrected chi connectivity index (χ0v) is 10.7. The molecule has 1 amide bonds. The summed E-state index contributed by atoms with van der Waals surface area (Å²) in [5.74, 6) is -3.32. The van der Waals surface area contributed by atoms with Crippen LogP contribution < -0.4 is 15.8 Å². The minimum Gasteiger partial charge on any atom is -0.481 e. The van der Waals surface area contributed by atoms with Crippen molar-refractivity contribution in [2.75, 3.05) is 17.7 Å². The zero-order chi connectivity index (χ0) is 15.4. The lowest BCUT2D eigenvalue weighted by atomic mass is 10.2. The van der Waals surface area contributed by atoms with Gasteiger partial charge in [0.15, 0.2) is 18.2 Å². The molecule has 4 nitrogen and oxygen atoms in total. The Morgan fingerprint density at radius 1 is 1.10 bits per heavy atom. The van der Waals surface area contributed by atoms with Crippen LogP contribution in [0.4, 0.5) is 24.5 Å². The highest BCUT2D eigenvalue weighted by Crippen LogP contribution is 2.19. The van der Waals surface area contributed by atoms with Gasteiger partial charge < -0.3 is 15.8 Å². The number of carbonyl (C=O) groups excluding carboxylic acids is 1. The summed E-state index contributed by atoms with van der Waals surface area (Å²) in [6, 6.07) is 6.27. The van der Waals surface area contributed by atoms with Gasteiger partial charge in [-0.15, -0.1) is 0 Å².